The molecule has 2 amide bonds. The third-order valence-corrected chi connectivity index (χ3v) is 5.18. The number of rotatable bonds is 3. The standard InChI is InChI=1S/C24H18N2O4/c1-15-7-3-6-10-21(15)25-23(27)19-9-5-4-8-18(19)20(24(25)28)13-17-12-11-16(2)22(14-17)26(29)30/h3-14H,1-2H3/b20-13-. The Bertz CT molecular complexity index is 1240. The van der Waals surface area contributed by atoms with E-state index in [-0.39, 0.29) is 5.69 Å². The second-order valence-electron chi connectivity index (χ2n) is 7.14. The van der Waals surface area contributed by atoms with Crippen LogP contribution in [0, 0.1) is 24.0 Å². The first kappa shape index (κ1) is 19.3. The Balaban J connectivity index is 1.92. The zero-order valence-electron chi connectivity index (χ0n) is 16.5. The van der Waals surface area contributed by atoms with Gasteiger partial charge in [-0.3, -0.25) is 19.7 Å². The number of imide groups is 1. The number of nitrogens with zero attached hydrogens (tertiary/aromatic N) is 2. The molecular weight excluding hydrogens is 380 g/mol. The second kappa shape index (κ2) is 7.40. The van der Waals surface area contributed by atoms with Crippen molar-refractivity contribution in [3.05, 3.63) is 105 Å². The van der Waals surface area contributed by atoms with E-state index in [1.807, 2.05) is 19.1 Å². The van der Waals surface area contributed by atoms with E-state index in [1.165, 1.54) is 11.0 Å². The SMILES string of the molecule is Cc1ccccc1N1C(=O)/C(=C\c2ccc(C)c([N+](=O)[O-])c2)c2ccccc2C1=O. The molecule has 6 heteroatoms. The summed E-state index contributed by atoms with van der Waals surface area (Å²) in [5.74, 6) is -0.854. The molecule has 30 heavy (non-hydrogen) atoms. The lowest BCUT2D eigenvalue weighted by Gasteiger charge is -2.29. The highest BCUT2D eigenvalue weighted by Gasteiger charge is 2.36. The molecule has 0 saturated heterocycles. The molecule has 6 nitrogen and oxygen atoms in total. The number of amides is 2. The first-order valence-corrected chi connectivity index (χ1v) is 9.39. The molecule has 0 atom stereocenters. The summed E-state index contributed by atoms with van der Waals surface area (Å²) in [5.41, 5.74) is 3.58. The maximum atomic E-state index is 13.4. The first-order valence-electron chi connectivity index (χ1n) is 9.39. The molecular formula is C24H18N2O4. The summed E-state index contributed by atoms with van der Waals surface area (Å²) >= 11 is 0. The monoisotopic (exact) mass is 398 g/mol. The molecule has 1 aliphatic rings. The average molecular weight is 398 g/mol. The van der Waals surface area contributed by atoms with Crippen molar-refractivity contribution in [2.75, 3.05) is 4.90 Å². The second-order valence-corrected chi connectivity index (χ2v) is 7.14. The highest BCUT2D eigenvalue weighted by Crippen LogP contribution is 2.35. The molecule has 0 bridgehead atoms. The van der Waals surface area contributed by atoms with Crippen LogP contribution in [0.15, 0.2) is 66.7 Å². The van der Waals surface area contributed by atoms with Crippen molar-refractivity contribution in [3.8, 4) is 0 Å². The van der Waals surface area contributed by atoms with Crippen LogP contribution in [0.5, 0.6) is 0 Å². The van der Waals surface area contributed by atoms with E-state index < -0.39 is 16.7 Å². The fourth-order valence-corrected chi connectivity index (χ4v) is 3.60. The summed E-state index contributed by atoms with van der Waals surface area (Å²) in [5, 5.41) is 11.3. The first-order chi connectivity index (χ1) is 14.4. The Labute approximate surface area is 173 Å². The molecule has 0 spiro atoms. The van der Waals surface area contributed by atoms with Gasteiger partial charge in [-0.15, -0.1) is 0 Å². The predicted molar refractivity (Wildman–Crippen MR) is 115 cm³/mol. The lowest BCUT2D eigenvalue weighted by atomic mass is 9.91. The minimum absolute atomic E-state index is 0.0206. The predicted octanol–water partition coefficient (Wildman–Crippen LogP) is 4.94. The molecule has 1 heterocycles. The largest absolute Gasteiger partial charge is 0.272 e. The summed E-state index contributed by atoms with van der Waals surface area (Å²) in [6.45, 7) is 3.50. The van der Waals surface area contributed by atoms with Crippen LogP contribution in [0.3, 0.4) is 0 Å². The third kappa shape index (κ3) is 3.18. The zero-order chi connectivity index (χ0) is 21.4. The number of benzene rings is 3. The molecule has 4 rings (SSSR count). The van der Waals surface area contributed by atoms with Crippen LogP contribution >= 0.6 is 0 Å². The average Bonchev–Trinajstić information content (AvgIpc) is 2.73. The third-order valence-electron chi connectivity index (χ3n) is 5.18. The van der Waals surface area contributed by atoms with Gasteiger partial charge >= 0.3 is 0 Å². The Morgan fingerprint density at radius 2 is 1.50 bits per heavy atom. The number of aryl methyl sites for hydroxylation is 2. The highest BCUT2D eigenvalue weighted by molar-refractivity contribution is 6.43. The molecule has 3 aromatic carbocycles. The lowest BCUT2D eigenvalue weighted by Crippen LogP contribution is -2.42. The van der Waals surface area contributed by atoms with Gasteiger partial charge in [0.2, 0.25) is 0 Å². The Kier molecular flexibility index (Phi) is 4.75. The fraction of sp³-hybridized carbons (Fsp3) is 0.0833. The molecule has 0 fully saturated rings. The molecule has 0 N–H and O–H groups in total. The Hall–Kier alpha value is -4.06. The van der Waals surface area contributed by atoms with Crippen LogP contribution in [0.4, 0.5) is 11.4 Å². The fourth-order valence-electron chi connectivity index (χ4n) is 3.60. The van der Waals surface area contributed by atoms with Crippen molar-refractivity contribution in [3.63, 3.8) is 0 Å². The molecule has 0 aromatic heterocycles. The van der Waals surface area contributed by atoms with Crippen LogP contribution in [0.2, 0.25) is 0 Å². The quantitative estimate of drug-likeness (QED) is 0.271. The van der Waals surface area contributed by atoms with Crippen molar-refractivity contribution >= 4 is 34.8 Å². The van der Waals surface area contributed by atoms with Gasteiger partial charge in [-0.1, -0.05) is 48.5 Å². The summed E-state index contributed by atoms with van der Waals surface area (Å²) in [6.07, 6.45) is 1.60. The smallest absolute Gasteiger partial charge is 0.268 e. The van der Waals surface area contributed by atoms with Gasteiger partial charge in [-0.05, 0) is 48.7 Å². The van der Waals surface area contributed by atoms with Gasteiger partial charge < -0.3 is 0 Å². The summed E-state index contributed by atoms with van der Waals surface area (Å²) in [6, 6.07) is 18.9. The van der Waals surface area contributed by atoms with Gasteiger partial charge in [0.1, 0.15) is 0 Å². The topological polar surface area (TPSA) is 80.5 Å². The van der Waals surface area contributed by atoms with Gasteiger partial charge in [-0.25, -0.2) is 4.90 Å². The molecule has 0 unspecified atom stereocenters. The number of fused-ring (bicyclic) bond motifs is 1. The number of para-hydroxylation sites is 1. The molecule has 3 aromatic rings. The van der Waals surface area contributed by atoms with E-state index in [0.717, 1.165) is 5.56 Å². The van der Waals surface area contributed by atoms with Crippen molar-refractivity contribution in [1.29, 1.82) is 0 Å². The molecule has 1 aliphatic heterocycles. The van der Waals surface area contributed by atoms with Crippen LogP contribution in [0.25, 0.3) is 11.6 Å². The lowest BCUT2D eigenvalue weighted by molar-refractivity contribution is -0.385. The number of anilines is 1. The summed E-state index contributed by atoms with van der Waals surface area (Å²) in [7, 11) is 0. The van der Waals surface area contributed by atoms with Gasteiger partial charge in [0.05, 0.1) is 10.6 Å². The maximum Gasteiger partial charge on any atom is 0.272 e. The van der Waals surface area contributed by atoms with Gasteiger partial charge in [0.25, 0.3) is 17.5 Å². The number of nitro groups is 1. The van der Waals surface area contributed by atoms with Crippen molar-refractivity contribution in [1.82, 2.24) is 0 Å². The van der Waals surface area contributed by atoms with Crippen molar-refractivity contribution in [2.24, 2.45) is 0 Å². The summed E-state index contributed by atoms with van der Waals surface area (Å²) in [4.78, 5) is 38.6. The minimum atomic E-state index is -0.462. The van der Waals surface area contributed by atoms with E-state index in [4.69, 9.17) is 0 Å². The van der Waals surface area contributed by atoms with Crippen LogP contribution in [-0.4, -0.2) is 16.7 Å². The van der Waals surface area contributed by atoms with Crippen LogP contribution in [0.1, 0.15) is 32.6 Å². The zero-order valence-corrected chi connectivity index (χ0v) is 16.5. The normalized spacial score (nSPS) is 14.7. The maximum absolute atomic E-state index is 13.4. The van der Waals surface area contributed by atoms with E-state index >= 15 is 0 Å². The van der Waals surface area contributed by atoms with E-state index in [1.54, 1.807) is 61.5 Å². The van der Waals surface area contributed by atoms with Crippen LogP contribution < -0.4 is 4.90 Å². The van der Waals surface area contributed by atoms with Gasteiger partial charge in [-0.2, -0.15) is 0 Å². The molecule has 0 saturated carbocycles. The van der Waals surface area contributed by atoms with E-state index in [0.29, 0.717) is 33.5 Å². The Morgan fingerprint density at radius 1 is 0.833 bits per heavy atom. The molecule has 148 valence electrons. The number of hydrogen-bond acceptors (Lipinski definition) is 4. The van der Waals surface area contributed by atoms with E-state index in [2.05, 4.69) is 0 Å². The summed E-state index contributed by atoms with van der Waals surface area (Å²) < 4.78 is 0. The Morgan fingerprint density at radius 3 is 2.20 bits per heavy atom. The number of nitro benzene ring substituents is 1. The minimum Gasteiger partial charge on any atom is -0.268 e. The van der Waals surface area contributed by atoms with E-state index in [9.17, 15) is 19.7 Å². The molecule has 0 radical (unpaired) electrons. The molecule has 0 aliphatic carbocycles. The number of hydrogen-bond donors (Lipinski definition) is 0. The number of carbonyl (C=O) groups excluding carboxylic acids is 2. The van der Waals surface area contributed by atoms with Gasteiger partial charge in [0.15, 0.2) is 0 Å². The van der Waals surface area contributed by atoms with Crippen molar-refractivity contribution in [2.45, 2.75) is 13.8 Å². The number of carbonyl (C=O) groups is 2. The van der Waals surface area contributed by atoms with Gasteiger partial charge in [0, 0.05) is 22.8 Å². The van der Waals surface area contributed by atoms with Crippen LogP contribution in [-0.2, 0) is 4.79 Å². The van der Waals surface area contributed by atoms with Crippen molar-refractivity contribution < 1.29 is 14.5 Å². The highest BCUT2D eigenvalue weighted by atomic mass is 16.6.